The lowest BCUT2D eigenvalue weighted by Gasteiger charge is -2.04. The van der Waals surface area contributed by atoms with Gasteiger partial charge < -0.3 is 10.3 Å². The number of H-pyrrole nitrogens is 1. The fourth-order valence-electron chi connectivity index (χ4n) is 1.28. The van der Waals surface area contributed by atoms with Gasteiger partial charge in [-0.2, -0.15) is 0 Å². The van der Waals surface area contributed by atoms with Crippen LogP contribution in [-0.4, -0.2) is 22.2 Å². The minimum atomic E-state index is -0.381. The van der Waals surface area contributed by atoms with E-state index in [1.54, 1.807) is 12.1 Å². The summed E-state index contributed by atoms with van der Waals surface area (Å²) >= 11 is 5.80. The number of hydrogen-bond donors (Lipinski definition) is 2. The lowest BCUT2D eigenvalue weighted by molar-refractivity contribution is 0.102. The molecule has 0 unspecified atom stereocenters. The quantitative estimate of drug-likeness (QED) is 0.646. The van der Waals surface area contributed by atoms with Gasteiger partial charge in [0, 0.05) is 6.20 Å². The minimum Gasteiger partial charge on any atom is -0.348 e. The number of aromatic nitrogens is 2. The fourth-order valence-corrected chi connectivity index (χ4v) is 1.45. The van der Waals surface area contributed by atoms with Gasteiger partial charge in [-0.15, -0.1) is 0 Å². The molecule has 0 aromatic carbocycles. The fraction of sp³-hybridized carbons (Fsp3) is 0. The second-order valence-corrected chi connectivity index (χ2v) is 3.60. The molecule has 0 bridgehead atoms. The molecular weight excluding hydrogens is 242 g/mol. The van der Waals surface area contributed by atoms with Gasteiger partial charge in [-0.3, -0.25) is 9.59 Å². The average molecular weight is 250 g/mol. The van der Waals surface area contributed by atoms with Crippen molar-refractivity contribution >= 4 is 29.5 Å². The number of hydrogen-bond acceptors (Lipinski definition) is 3. The molecule has 5 nitrogen and oxygen atoms in total. The summed E-state index contributed by atoms with van der Waals surface area (Å²) in [5.41, 5.74) is 1.04. The number of anilines is 1. The minimum absolute atomic E-state index is 0.211. The predicted octanol–water partition coefficient (Wildman–Crippen LogP) is 2.13. The maximum Gasteiger partial charge on any atom is 0.272 e. The normalized spacial score (nSPS) is 9.94. The van der Waals surface area contributed by atoms with Crippen molar-refractivity contribution in [3.8, 4) is 0 Å². The molecule has 17 heavy (non-hydrogen) atoms. The summed E-state index contributed by atoms with van der Waals surface area (Å²) in [4.78, 5) is 28.7. The van der Waals surface area contributed by atoms with Crippen molar-refractivity contribution in [3.05, 3.63) is 47.0 Å². The molecule has 0 fully saturated rings. The van der Waals surface area contributed by atoms with Crippen LogP contribution in [0.15, 0.2) is 30.5 Å². The molecule has 0 spiro atoms. The van der Waals surface area contributed by atoms with Crippen LogP contribution >= 0.6 is 11.6 Å². The van der Waals surface area contributed by atoms with E-state index in [0.717, 1.165) is 0 Å². The third kappa shape index (κ3) is 2.51. The van der Waals surface area contributed by atoms with E-state index in [4.69, 9.17) is 11.6 Å². The van der Waals surface area contributed by atoms with E-state index in [9.17, 15) is 9.59 Å². The van der Waals surface area contributed by atoms with Crippen LogP contribution in [0.2, 0.25) is 5.15 Å². The first kappa shape index (κ1) is 11.3. The Balaban J connectivity index is 2.17. The zero-order chi connectivity index (χ0) is 12.3. The summed E-state index contributed by atoms with van der Waals surface area (Å²) < 4.78 is 0. The average Bonchev–Trinajstić information content (AvgIpc) is 2.81. The molecule has 0 saturated heterocycles. The van der Waals surface area contributed by atoms with Crippen LogP contribution in [0.3, 0.4) is 0 Å². The molecule has 6 heteroatoms. The molecule has 0 aliphatic rings. The highest BCUT2D eigenvalue weighted by Gasteiger charge is 2.10. The Morgan fingerprint density at radius 3 is 2.88 bits per heavy atom. The zero-order valence-corrected chi connectivity index (χ0v) is 9.36. The van der Waals surface area contributed by atoms with Gasteiger partial charge in [0.05, 0.1) is 11.4 Å². The third-order valence-electron chi connectivity index (χ3n) is 2.09. The Hall–Kier alpha value is -2.14. The summed E-state index contributed by atoms with van der Waals surface area (Å²) in [6, 6.07) is 6.33. The number of nitrogens with one attached hydrogen (secondary N) is 2. The lowest BCUT2D eigenvalue weighted by atomic mass is 10.3. The molecule has 0 atom stereocenters. The highest BCUT2D eigenvalue weighted by atomic mass is 35.5. The van der Waals surface area contributed by atoms with E-state index >= 15 is 0 Å². The van der Waals surface area contributed by atoms with Crippen LogP contribution in [0.25, 0.3) is 0 Å². The summed E-state index contributed by atoms with van der Waals surface area (Å²) in [5.74, 6) is -0.381. The van der Waals surface area contributed by atoms with Gasteiger partial charge in [0.25, 0.3) is 5.91 Å². The predicted molar refractivity (Wildman–Crippen MR) is 63.4 cm³/mol. The van der Waals surface area contributed by atoms with Crippen LogP contribution in [0.1, 0.15) is 21.0 Å². The molecule has 0 aliphatic carbocycles. The first-order valence-corrected chi connectivity index (χ1v) is 5.14. The van der Waals surface area contributed by atoms with Crippen molar-refractivity contribution in [2.75, 3.05) is 5.32 Å². The van der Waals surface area contributed by atoms with Crippen molar-refractivity contribution in [3.63, 3.8) is 0 Å². The number of carbonyl (C=O) groups excluding carboxylic acids is 2. The van der Waals surface area contributed by atoms with Crippen molar-refractivity contribution < 1.29 is 9.59 Å². The van der Waals surface area contributed by atoms with Gasteiger partial charge in [0.15, 0.2) is 11.4 Å². The molecule has 0 saturated carbocycles. The van der Waals surface area contributed by atoms with Crippen molar-refractivity contribution in [1.82, 2.24) is 9.97 Å². The maximum atomic E-state index is 11.8. The Kier molecular flexibility index (Phi) is 3.20. The maximum absolute atomic E-state index is 11.8. The monoisotopic (exact) mass is 249 g/mol. The van der Waals surface area contributed by atoms with E-state index in [1.165, 1.54) is 18.3 Å². The van der Waals surface area contributed by atoms with E-state index in [1.807, 2.05) is 0 Å². The molecule has 1 amide bonds. The van der Waals surface area contributed by atoms with E-state index in [2.05, 4.69) is 15.3 Å². The molecule has 2 N–H and O–H groups in total. The highest BCUT2D eigenvalue weighted by molar-refractivity contribution is 6.32. The highest BCUT2D eigenvalue weighted by Crippen LogP contribution is 2.18. The second kappa shape index (κ2) is 4.80. The number of nitrogens with zero attached hydrogens (tertiary/aromatic N) is 1. The van der Waals surface area contributed by atoms with E-state index in [-0.39, 0.29) is 16.8 Å². The standard InChI is InChI=1S/C11H8ClN3O2/c12-10-8(2-1-5-13-10)15-11(17)9-4-3-7(6-16)14-9/h1-6,14H,(H,15,17). The Bertz CT molecular complexity index is 565. The largest absolute Gasteiger partial charge is 0.348 e. The van der Waals surface area contributed by atoms with Gasteiger partial charge in [-0.05, 0) is 24.3 Å². The van der Waals surface area contributed by atoms with Gasteiger partial charge in [-0.25, -0.2) is 4.98 Å². The zero-order valence-electron chi connectivity index (χ0n) is 8.61. The van der Waals surface area contributed by atoms with Crippen molar-refractivity contribution in [2.24, 2.45) is 0 Å². The molecular formula is C11H8ClN3O2. The van der Waals surface area contributed by atoms with Gasteiger partial charge >= 0.3 is 0 Å². The Morgan fingerprint density at radius 1 is 1.41 bits per heavy atom. The van der Waals surface area contributed by atoms with Crippen molar-refractivity contribution in [2.45, 2.75) is 0 Å². The Labute approximate surface area is 102 Å². The summed E-state index contributed by atoms with van der Waals surface area (Å²) in [5, 5.41) is 2.79. The van der Waals surface area contributed by atoms with Crippen LogP contribution in [0.4, 0.5) is 5.69 Å². The first-order valence-electron chi connectivity index (χ1n) is 4.77. The number of amides is 1. The summed E-state index contributed by atoms with van der Waals surface area (Å²) in [6.45, 7) is 0. The first-order chi connectivity index (χ1) is 8.20. The van der Waals surface area contributed by atoms with Crippen molar-refractivity contribution in [1.29, 1.82) is 0 Å². The molecule has 0 radical (unpaired) electrons. The smallest absolute Gasteiger partial charge is 0.272 e. The summed E-state index contributed by atoms with van der Waals surface area (Å²) in [7, 11) is 0. The van der Waals surface area contributed by atoms with Crippen LogP contribution in [0.5, 0.6) is 0 Å². The lowest BCUT2D eigenvalue weighted by Crippen LogP contribution is -2.13. The van der Waals surface area contributed by atoms with E-state index < -0.39 is 0 Å². The van der Waals surface area contributed by atoms with Crippen LogP contribution < -0.4 is 5.32 Å². The molecule has 2 aromatic heterocycles. The third-order valence-corrected chi connectivity index (χ3v) is 2.39. The van der Waals surface area contributed by atoms with Crippen LogP contribution in [0, 0.1) is 0 Å². The van der Waals surface area contributed by atoms with E-state index in [0.29, 0.717) is 17.7 Å². The number of pyridine rings is 1. The summed E-state index contributed by atoms with van der Waals surface area (Å²) in [6.07, 6.45) is 2.16. The second-order valence-electron chi connectivity index (χ2n) is 3.24. The molecule has 86 valence electrons. The Morgan fingerprint density at radius 2 is 2.24 bits per heavy atom. The molecule has 0 aliphatic heterocycles. The van der Waals surface area contributed by atoms with Gasteiger partial charge in [0.2, 0.25) is 0 Å². The topological polar surface area (TPSA) is 74.8 Å². The molecule has 2 rings (SSSR count). The number of aldehydes is 1. The molecule has 2 aromatic rings. The number of halogens is 1. The number of carbonyl (C=O) groups is 2. The van der Waals surface area contributed by atoms with Gasteiger partial charge in [-0.1, -0.05) is 11.6 Å². The van der Waals surface area contributed by atoms with Gasteiger partial charge in [0.1, 0.15) is 5.69 Å². The number of rotatable bonds is 3. The number of aromatic amines is 1. The molecule has 2 heterocycles. The SMILES string of the molecule is O=Cc1ccc(C(=O)Nc2cccnc2Cl)[nH]1. The van der Waals surface area contributed by atoms with Crippen LogP contribution in [-0.2, 0) is 0 Å².